The highest BCUT2D eigenvalue weighted by molar-refractivity contribution is 7.99. The molecule has 1 heterocycles. The molecular weight excluding hydrogens is 356 g/mol. The molecule has 0 aromatic heterocycles. The average Bonchev–Trinajstić information content (AvgIpc) is 2.64. The van der Waals surface area contributed by atoms with E-state index >= 15 is 0 Å². The summed E-state index contributed by atoms with van der Waals surface area (Å²) in [5.41, 5.74) is 2.59. The Morgan fingerprint density at radius 1 is 1.33 bits per heavy atom. The standard InChI is InChI=1S/C21H36N4OS/c1-6-22-20(24-16-21(3,4)27-5)23-13-18-8-7-9-19(12-18)15-25-10-11-26-17(2)14-25/h7-9,12,17H,6,10-11,13-16H2,1-5H3,(H2,22,23,24). The molecule has 1 aromatic rings. The van der Waals surface area contributed by atoms with Crippen molar-refractivity contribution in [3.8, 4) is 0 Å². The molecule has 0 bridgehead atoms. The van der Waals surface area contributed by atoms with Gasteiger partial charge >= 0.3 is 0 Å². The molecule has 1 aliphatic heterocycles. The highest BCUT2D eigenvalue weighted by atomic mass is 32.2. The lowest BCUT2D eigenvalue weighted by atomic mass is 10.1. The van der Waals surface area contributed by atoms with Crippen LogP contribution in [-0.2, 0) is 17.8 Å². The van der Waals surface area contributed by atoms with Crippen LogP contribution in [0.4, 0.5) is 0 Å². The van der Waals surface area contributed by atoms with Crippen molar-refractivity contribution in [2.75, 3.05) is 39.0 Å². The second-order valence-electron chi connectivity index (χ2n) is 7.75. The Hall–Kier alpha value is -1.24. The first-order valence-electron chi connectivity index (χ1n) is 9.91. The van der Waals surface area contributed by atoms with Gasteiger partial charge in [0, 0.05) is 37.5 Å². The van der Waals surface area contributed by atoms with E-state index in [-0.39, 0.29) is 4.75 Å². The molecule has 5 nitrogen and oxygen atoms in total. The van der Waals surface area contributed by atoms with E-state index in [2.05, 4.69) is 73.7 Å². The quantitative estimate of drug-likeness (QED) is 0.526. The molecule has 1 saturated heterocycles. The molecule has 152 valence electrons. The molecule has 1 unspecified atom stereocenters. The highest BCUT2D eigenvalue weighted by Crippen LogP contribution is 2.19. The van der Waals surface area contributed by atoms with E-state index in [0.717, 1.165) is 45.3 Å². The molecule has 27 heavy (non-hydrogen) atoms. The topological polar surface area (TPSA) is 48.9 Å². The van der Waals surface area contributed by atoms with E-state index in [0.29, 0.717) is 12.6 Å². The monoisotopic (exact) mass is 392 g/mol. The first-order chi connectivity index (χ1) is 12.9. The van der Waals surface area contributed by atoms with Crippen molar-refractivity contribution < 1.29 is 4.74 Å². The second kappa shape index (κ2) is 10.9. The number of hydrogen-bond donors (Lipinski definition) is 2. The third-order valence-electron chi connectivity index (χ3n) is 4.72. The molecular formula is C21H36N4OS. The lowest BCUT2D eigenvalue weighted by Gasteiger charge is -2.31. The molecule has 1 aliphatic rings. The summed E-state index contributed by atoms with van der Waals surface area (Å²) in [6, 6.07) is 8.78. The zero-order valence-corrected chi connectivity index (χ0v) is 18.4. The van der Waals surface area contributed by atoms with Crippen molar-refractivity contribution in [1.29, 1.82) is 0 Å². The van der Waals surface area contributed by atoms with Crippen LogP contribution in [0.3, 0.4) is 0 Å². The van der Waals surface area contributed by atoms with Crippen molar-refractivity contribution in [1.82, 2.24) is 15.5 Å². The third-order valence-corrected chi connectivity index (χ3v) is 5.97. The Kier molecular flexibility index (Phi) is 8.93. The molecule has 1 atom stereocenters. The molecule has 1 fully saturated rings. The fourth-order valence-electron chi connectivity index (χ4n) is 3.00. The van der Waals surface area contributed by atoms with Crippen LogP contribution in [-0.4, -0.2) is 60.8 Å². The summed E-state index contributed by atoms with van der Waals surface area (Å²) in [5, 5.41) is 6.81. The van der Waals surface area contributed by atoms with Gasteiger partial charge < -0.3 is 15.4 Å². The van der Waals surface area contributed by atoms with Crippen LogP contribution in [0.1, 0.15) is 38.8 Å². The number of benzene rings is 1. The Labute approximate surface area is 169 Å². The summed E-state index contributed by atoms with van der Waals surface area (Å²) < 4.78 is 5.82. The minimum absolute atomic E-state index is 0.186. The first-order valence-corrected chi connectivity index (χ1v) is 11.1. The molecule has 2 N–H and O–H groups in total. The van der Waals surface area contributed by atoms with Gasteiger partial charge in [0.25, 0.3) is 0 Å². The van der Waals surface area contributed by atoms with Crippen LogP contribution in [0.25, 0.3) is 0 Å². The van der Waals surface area contributed by atoms with Gasteiger partial charge in [0.2, 0.25) is 0 Å². The lowest BCUT2D eigenvalue weighted by Crippen LogP contribution is -2.43. The van der Waals surface area contributed by atoms with Crippen LogP contribution in [0, 0.1) is 0 Å². The van der Waals surface area contributed by atoms with E-state index in [1.54, 1.807) is 0 Å². The maximum atomic E-state index is 5.64. The zero-order chi connectivity index (χ0) is 19.7. The number of nitrogens with zero attached hydrogens (tertiary/aromatic N) is 2. The maximum Gasteiger partial charge on any atom is 0.191 e. The van der Waals surface area contributed by atoms with E-state index < -0.39 is 0 Å². The first kappa shape index (κ1) is 22.1. The van der Waals surface area contributed by atoms with E-state index in [1.165, 1.54) is 11.1 Å². The molecule has 0 amide bonds. The van der Waals surface area contributed by atoms with E-state index in [4.69, 9.17) is 9.73 Å². The van der Waals surface area contributed by atoms with Crippen LogP contribution in [0.2, 0.25) is 0 Å². The zero-order valence-electron chi connectivity index (χ0n) is 17.5. The van der Waals surface area contributed by atoms with Crippen molar-refractivity contribution in [2.24, 2.45) is 4.99 Å². The van der Waals surface area contributed by atoms with Gasteiger partial charge in [0.15, 0.2) is 5.96 Å². The van der Waals surface area contributed by atoms with Crippen molar-refractivity contribution >= 4 is 17.7 Å². The van der Waals surface area contributed by atoms with Crippen LogP contribution < -0.4 is 10.6 Å². The minimum Gasteiger partial charge on any atom is -0.376 e. The Bertz CT molecular complexity index is 606. The summed E-state index contributed by atoms with van der Waals surface area (Å²) in [7, 11) is 0. The molecule has 1 aromatic carbocycles. The predicted molar refractivity (Wildman–Crippen MR) is 118 cm³/mol. The number of guanidine groups is 1. The van der Waals surface area contributed by atoms with Gasteiger partial charge in [0.1, 0.15) is 0 Å². The lowest BCUT2D eigenvalue weighted by molar-refractivity contribution is -0.0212. The predicted octanol–water partition coefficient (Wildman–Crippen LogP) is 3.10. The molecule has 0 saturated carbocycles. The summed E-state index contributed by atoms with van der Waals surface area (Å²) in [5.74, 6) is 0.882. The summed E-state index contributed by atoms with van der Waals surface area (Å²) in [4.78, 5) is 7.24. The Balaban J connectivity index is 1.95. The number of thioether (sulfide) groups is 1. The van der Waals surface area contributed by atoms with E-state index in [9.17, 15) is 0 Å². The summed E-state index contributed by atoms with van der Waals surface area (Å²) >= 11 is 1.86. The van der Waals surface area contributed by atoms with Gasteiger partial charge in [-0.2, -0.15) is 11.8 Å². The minimum atomic E-state index is 0.186. The van der Waals surface area contributed by atoms with Crippen LogP contribution in [0.5, 0.6) is 0 Å². The average molecular weight is 393 g/mol. The fourth-order valence-corrected chi connectivity index (χ4v) is 3.22. The molecule has 0 spiro atoms. The van der Waals surface area contributed by atoms with Crippen LogP contribution >= 0.6 is 11.8 Å². The fraction of sp³-hybridized carbons (Fsp3) is 0.667. The number of aliphatic imine (C=N–C) groups is 1. The smallest absolute Gasteiger partial charge is 0.191 e. The van der Waals surface area contributed by atoms with Gasteiger partial charge in [-0.15, -0.1) is 0 Å². The maximum absolute atomic E-state index is 5.64. The number of morpholine rings is 1. The number of nitrogens with one attached hydrogen (secondary N) is 2. The number of ether oxygens (including phenoxy) is 1. The van der Waals surface area contributed by atoms with Gasteiger partial charge in [-0.05, 0) is 45.1 Å². The van der Waals surface area contributed by atoms with Crippen molar-refractivity contribution in [3.63, 3.8) is 0 Å². The normalized spacial score (nSPS) is 19.1. The second-order valence-corrected chi connectivity index (χ2v) is 9.26. The van der Waals surface area contributed by atoms with Gasteiger partial charge in [0.05, 0.1) is 19.3 Å². The molecule has 6 heteroatoms. The SMILES string of the molecule is CCNC(=NCc1cccc(CN2CCOC(C)C2)c1)NCC(C)(C)SC. The largest absolute Gasteiger partial charge is 0.376 e. The van der Waals surface area contributed by atoms with Gasteiger partial charge in [-0.3, -0.25) is 4.90 Å². The van der Waals surface area contributed by atoms with Crippen molar-refractivity contribution in [3.05, 3.63) is 35.4 Å². The molecule has 0 radical (unpaired) electrons. The highest BCUT2D eigenvalue weighted by Gasteiger charge is 2.17. The van der Waals surface area contributed by atoms with Gasteiger partial charge in [-0.25, -0.2) is 4.99 Å². The number of rotatable bonds is 8. The third kappa shape index (κ3) is 8.11. The molecule has 0 aliphatic carbocycles. The Morgan fingerprint density at radius 2 is 2.11 bits per heavy atom. The van der Waals surface area contributed by atoms with E-state index in [1.807, 2.05) is 11.8 Å². The summed E-state index contributed by atoms with van der Waals surface area (Å²) in [6.45, 7) is 15.0. The van der Waals surface area contributed by atoms with Gasteiger partial charge in [-0.1, -0.05) is 24.3 Å². The Morgan fingerprint density at radius 3 is 2.81 bits per heavy atom. The number of hydrogen-bond acceptors (Lipinski definition) is 4. The molecule has 2 rings (SSSR count). The van der Waals surface area contributed by atoms with Crippen LogP contribution in [0.15, 0.2) is 29.3 Å². The summed E-state index contributed by atoms with van der Waals surface area (Å²) in [6.07, 6.45) is 2.47. The van der Waals surface area contributed by atoms with Crippen molar-refractivity contribution in [2.45, 2.75) is 51.6 Å².